The van der Waals surface area contributed by atoms with Gasteiger partial charge < -0.3 is 5.32 Å². The molecule has 47 heavy (non-hydrogen) atoms. The summed E-state index contributed by atoms with van der Waals surface area (Å²) in [6.45, 7) is 8.88. The van der Waals surface area contributed by atoms with E-state index < -0.39 is 0 Å². The van der Waals surface area contributed by atoms with Gasteiger partial charge in [-0.05, 0) is 37.1 Å². The van der Waals surface area contributed by atoms with Crippen LogP contribution in [0.3, 0.4) is 0 Å². The van der Waals surface area contributed by atoms with Crippen LogP contribution in [0.15, 0.2) is 156 Å². The van der Waals surface area contributed by atoms with Gasteiger partial charge in [-0.25, -0.2) is 9.98 Å². The largest absolute Gasteiger partial charge is 1.00 e. The Labute approximate surface area is 290 Å². The first-order chi connectivity index (χ1) is 22.4. The molecule has 0 atom stereocenters. The van der Waals surface area contributed by atoms with Gasteiger partial charge in [0.25, 0.3) is 0 Å². The summed E-state index contributed by atoms with van der Waals surface area (Å²) in [5, 5.41) is 5.45. The summed E-state index contributed by atoms with van der Waals surface area (Å²) in [6.07, 6.45) is 0. The van der Waals surface area contributed by atoms with E-state index in [1.165, 1.54) is 11.1 Å². The number of aliphatic imine (C=N–C) groups is 2. The van der Waals surface area contributed by atoms with E-state index in [0.29, 0.717) is 0 Å². The first-order valence-electron chi connectivity index (χ1n) is 15.8. The fourth-order valence-corrected chi connectivity index (χ4v) is 6.35. The zero-order valence-corrected chi connectivity index (χ0v) is 27.7. The van der Waals surface area contributed by atoms with Crippen LogP contribution >= 0.6 is 0 Å². The van der Waals surface area contributed by atoms with Crippen LogP contribution in [0.25, 0.3) is 5.32 Å². The first-order valence-corrected chi connectivity index (χ1v) is 15.8. The Morgan fingerprint density at radius 1 is 0.468 bits per heavy atom. The van der Waals surface area contributed by atoms with E-state index in [0.717, 1.165) is 67.6 Å². The number of fused-ring (bicyclic) bond motifs is 2. The third-order valence-corrected chi connectivity index (χ3v) is 8.69. The van der Waals surface area contributed by atoms with Crippen LogP contribution in [0.4, 0.5) is 22.7 Å². The Morgan fingerprint density at radius 3 is 1.06 bits per heavy atom. The number of aryl methyl sites for hydroxylation is 2. The maximum Gasteiger partial charge on any atom is 1.00 e. The second kappa shape index (κ2) is 13.4. The van der Waals surface area contributed by atoms with Gasteiger partial charge >= 0.3 is 18.9 Å². The van der Waals surface area contributed by atoms with E-state index in [4.69, 9.17) is 15.3 Å². The van der Waals surface area contributed by atoms with Crippen molar-refractivity contribution in [2.75, 3.05) is 0 Å². The molecule has 0 bridgehead atoms. The molecular weight excluding hydrogens is 565 g/mol. The van der Waals surface area contributed by atoms with Crippen LogP contribution in [0.5, 0.6) is 0 Å². The molecule has 0 fully saturated rings. The average molecular weight is 602 g/mol. The van der Waals surface area contributed by atoms with Crippen LogP contribution in [-0.4, -0.2) is 11.4 Å². The van der Waals surface area contributed by atoms with E-state index in [9.17, 15) is 0 Å². The molecule has 0 spiro atoms. The van der Waals surface area contributed by atoms with Crippen LogP contribution in [0.2, 0.25) is 0 Å². The Balaban J connectivity index is 0.00000386. The molecule has 7 rings (SSSR count). The molecule has 0 radical (unpaired) electrons. The van der Waals surface area contributed by atoms with Gasteiger partial charge in [-0.1, -0.05) is 158 Å². The van der Waals surface area contributed by atoms with E-state index in [-0.39, 0.29) is 24.3 Å². The van der Waals surface area contributed by atoms with Gasteiger partial charge in [0.05, 0.1) is 11.4 Å². The van der Waals surface area contributed by atoms with Crippen molar-refractivity contribution >= 4 is 34.2 Å². The minimum atomic E-state index is -0.321. The second-order valence-corrected chi connectivity index (χ2v) is 12.5. The molecule has 0 saturated carbocycles. The van der Waals surface area contributed by atoms with Gasteiger partial charge in [-0.15, -0.1) is 11.4 Å². The van der Waals surface area contributed by atoms with E-state index in [1.54, 1.807) is 0 Å². The average Bonchev–Trinajstić information content (AvgIpc) is 3.08. The van der Waals surface area contributed by atoms with Crippen molar-refractivity contribution in [3.63, 3.8) is 0 Å². The molecular formula is C43H36LiN3. The Morgan fingerprint density at radius 2 is 0.766 bits per heavy atom. The zero-order valence-electron chi connectivity index (χ0n) is 27.7. The van der Waals surface area contributed by atoms with Crippen molar-refractivity contribution in [2.24, 2.45) is 9.98 Å². The molecule has 1 aliphatic heterocycles. The molecule has 1 aliphatic rings. The minimum Gasteiger partial charge on any atom is -0.654 e. The molecule has 3 nitrogen and oxygen atoms in total. The maximum absolute atomic E-state index is 5.45. The molecule has 0 aromatic heterocycles. The fourth-order valence-electron chi connectivity index (χ4n) is 6.35. The predicted octanol–water partition coefficient (Wildman–Crippen LogP) is 8.62. The number of hydrogen-bond donors (Lipinski definition) is 0. The summed E-state index contributed by atoms with van der Waals surface area (Å²) in [5.74, 6) is 0. The summed E-state index contributed by atoms with van der Waals surface area (Å²) in [6, 6.07) is 50.5. The number of benzene rings is 6. The van der Waals surface area contributed by atoms with Gasteiger partial charge in [0.15, 0.2) is 0 Å². The second-order valence-electron chi connectivity index (χ2n) is 12.5. The summed E-state index contributed by atoms with van der Waals surface area (Å²) in [5.41, 5.74) is 14.0. The van der Waals surface area contributed by atoms with Crippen molar-refractivity contribution < 1.29 is 18.9 Å². The van der Waals surface area contributed by atoms with Crippen LogP contribution in [-0.2, 0) is 5.41 Å². The zero-order chi connectivity index (χ0) is 31.7. The van der Waals surface area contributed by atoms with Gasteiger partial charge in [-0.2, -0.15) is 0 Å². The molecule has 6 aromatic rings. The van der Waals surface area contributed by atoms with Gasteiger partial charge in [0, 0.05) is 39.0 Å². The van der Waals surface area contributed by atoms with Crippen LogP contribution in [0.1, 0.15) is 58.4 Å². The molecule has 0 amide bonds. The van der Waals surface area contributed by atoms with Crippen molar-refractivity contribution in [3.05, 3.63) is 195 Å². The molecule has 6 aromatic carbocycles. The quantitative estimate of drug-likeness (QED) is 0.135. The van der Waals surface area contributed by atoms with Crippen molar-refractivity contribution in [3.8, 4) is 0 Å². The van der Waals surface area contributed by atoms with E-state index in [1.807, 2.05) is 24.3 Å². The van der Waals surface area contributed by atoms with Gasteiger partial charge in [-0.3, -0.25) is 0 Å². The molecule has 4 heteroatoms. The molecule has 0 aliphatic carbocycles. The normalized spacial score (nSPS) is 12.4. The Bertz CT molecular complexity index is 1850. The Hall–Kier alpha value is -4.94. The molecule has 1 heterocycles. The fraction of sp³-hybridized carbons (Fsp3) is 0.116. The molecule has 0 saturated heterocycles. The van der Waals surface area contributed by atoms with Gasteiger partial charge in [0.1, 0.15) is 0 Å². The molecule has 0 N–H and O–H groups in total. The summed E-state index contributed by atoms with van der Waals surface area (Å²) in [7, 11) is 0. The van der Waals surface area contributed by atoms with Crippen LogP contribution in [0, 0.1) is 13.8 Å². The topological polar surface area (TPSA) is 38.8 Å². The predicted molar refractivity (Wildman–Crippen MR) is 194 cm³/mol. The number of nitrogens with zero attached hydrogens (tertiary/aromatic N) is 3. The van der Waals surface area contributed by atoms with Crippen LogP contribution < -0.4 is 18.9 Å². The summed E-state index contributed by atoms with van der Waals surface area (Å²) >= 11 is 0. The van der Waals surface area contributed by atoms with Gasteiger partial charge in [0.2, 0.25) is 0 Å². The molecule has 0 unspecified atom stereocenters. The SMILES string of the molecule is Cc1cc(N=C(c2ccccc2)c2ccccc2)c2c(c1)C(C)(C)c1cc(C)cc(N=C(c3ccccc3)c3ccccc3)c1[N-]2.[Li+]. The summed E-state index contributed by atoms with van der Waals surface area (Å²) in [4.78, 5) is 10.8. The maximum atomic E-state index is 5.45. The smallest absolute Gasteiger partial charge is 0.654 e. The minimum absolute atomic E-state index is 0. The van der Waals surface area contributed by atoms with Crippen molar-refractivity contribution in [1.29, 1.82) is 0 Å². The van der Waals surface area contributed by atoms with E-state index in [2.05, 4.69) is 149 Å². The standard InChI is InChI=1S/C43H36N3.Li/c1-29-25-35-41(37(27-29)44-39(31-17-9-5-10-18-31)32-19-11-6-12-20-32)46-42-36(43(35,3)4)26-30(2)28-38(42)45-40(33-21-13-7-14-22-33)34-23-15-8-16-24-34;/h5-28H,1-4H3;/q-1;+1. The third-order valence-electron chi connectivity index (χ3n) is 8.69. The summed E-state index contributed by atoms with van der Waals surface area (Å²) < 4.78 is 0. The molecule has 224 valence electrons. The first kappa shape index (κ1) is 32.0. The van der Waals surface area contributed by atoms with Crippen molar-refractivity contribution in [1.82, 2.24) is 0 Å². The van der Waals surface area contributed by atoms with Crippen molar-refractivity contribution in [2.45, 2.75) is 33.1 Å². The van der Waals surface area contributed by atoms with E-state index >= 15 is 0 Å². The Kier molecular flexibility index (Phi) is 9.14. The third kappa shape index (κ3) is 6.38. The monoisotopic (exact) mass is 601 g/mol. The number of rotatable bonds is 6. The number of hydrogen-bond acceptors (Lipinski definition) is 2.